The monoisotopic (exact) mass is 307 g/mol. The van der Waals surface area contributed by atoms with E-state index in [-0.39, 0.29) is 19.0 Å². The van der Waals surface area contributed by atoms with Crippen LogP contribution in [0.4, 0.5) is 4.39 Å². The Morgan fingerprint density at radius 1 is 1.19 bits per heavy atom. The smallest absolute Gasteiger partial charge is 0.124 e. The average molecular weight is 308 g/mol. The fourth-order valence-electron chi connectivity index (χ4n) is 2.44. The van der Waals surface area contributed by atoms with E-state index < -0.39 is 5.41 Å². The standard InChI is InChI=1S/C17H19ClFNO/c1-12-2-5-14(6-3-12)17(10-20,11-21)9-13-4-7-15(19)8-16(13)18/h2-8,21H,9-11,20H2,1H3. The van der Waals surface area contributed by atoms with E-state index in [0.717, 1.165) is 16.7 Å². The summed E-state index contributed by atoms with van der Waals surface area (Å²) in [6.07, 6.45) is 0.460. The van der Waals surface area contributed by atoms with Gasteiger partial charge in [-0.2, -0.15) is 0 Å². The van der Waals surface area contributed by atoms with Gasteiger partial charge in [0, 0.05) is 17.0 Å². The van der Waals surface area contributed by atoms with Crippen LogP contribution in [0.1, 0.15) is 16.7 Å². The number of aliphatic hydroxyl groups excluding tert-OH is 1. The molecule has 2 aromatic carbocycles. The molecular weight excluding hydrogens is 289 g/mol. The third kappa shape index (κ3) is 3.43. The van der Waals surface area contributed by atoms with Crippen LogP contribution < -0.4 is 5.73 Å². The van der Waals surface area contributed by atoms with E-state index in [1.54, 1.807) is 6.07 Å². The Morgan fingerprint density at radius 3 is 2.38 bits per heavy atom. The largest absolute Gasteiger partial charge is 0.395 e. The minimum Gasteiger partial charge on any atom is -0.395 e. The third-order valence-corrected chi connectivity index (χ3v) is 4.25. The van der Waals surface area contributed by atoms with Gasteiger partial charge in [-0.05, 0) is 36.6 Å². The molecule has 0 fully saturated rings. The third-order valence-electron chi connectivity index (χ3n) is 3.90. The molecule has 0 radical (unpaired) electrons. The zero-order valence-electron chi connectivity index (χ0n) is 11.9. The van der Waals surface area contributed by atoms with Gasteiger partial charge in [0.1, 0.15) is 5.82 Å². The highest BCUT2D eigenvalue weighted by molar-refractivity contribution is 6.31. The first-order valence-electron chi connectivity index (χ1n) is 6.83. The van der Waals surface area contributed by atoms with Gasteiger partial charge in [-0.25, -0.2) is 4.39 Å². The van der Waals surface area contributed by atoms with E-state index in [1.165, 1.54) is 12.1 Å². The summed E-state index contributed by atoms with van der Waals surface area (Å²) >= 11 is 6.10. The summed E-state index contributed by atoms with van der Waals surface area (Å²) in [6.45, 7) is 2.18. The number of aryl methyl sites for hydroxylation is 1. The Balaban J connectivity index is 2.40. The second kappa shape index (κ2) is 6.56. The predicted molar refractivity (Wildman–Crippen MR) is 84.1 cm³/mol. The van der Waals surface area contributed by atoms with Crippen molar-refractivity contribution in [1.29, 1.82) is 0 Å². The zero-order valence-corrected chi connectivity index (χ0v) is 12.7. The van der Waals surface area contributed by atoms with Crippen LogP contribution in [0, 0.1) is 12.7 Å². The van der Waals surface area contributed by atoms with Gasteiger partial charge in [0.15, 0.2) is 0 Å². The molecule has 0 aliphatic rings. The van der Waals surface area contributed by atoms with Crippen molar-refractivity contribution in [1.82, 2.24) is 0 Å². The molecule has 1 unspecified atom stereocenters. The van der Waals surface area contributed by atoms with Gasteiger partial charge >= 0.3 is 0 Å². The molecule has 0 bridgehead atoms. The van der Waals surface area contributed by atoms with E-state index in [1.807, 2.05) is 31.2 Å². The van der Waals surface area contributed by atoms with Gasteiger partial charge in [-0.15, -0.1) is 0 Å². The second-order valence-corrected chi connectivity index (χ2v) is 5.83. The normalized spacial score (nSPS) is 14.0. The minimum atomic E-state index is -0.616. The molecule has 112 valence electrons. The summed E-state index contributed by atoms with van der Waals surface area (Å²) in [5, 5.41) is 10.3. The molecule has 21 heavy (non-hydrogen) atoms. The predicted octanol–water partition coefficient (Wildman–Crippen LogP) is 3.22. The minimum absolute atomic E-state index is 0.0970. The van der Waals surface area contributed by atoms with Gasteiger partial charge in [-0.1, -0.05) is 47.5 Å². The van der Waals surface area contributed by atoms with Gasteiger partial charge in [0.05, 0.1) is 6.61 Å². The van der Waals surface area contributed by atoms with Crippen LogP contribution in [0.3, 0.4) is 0 Å². The number of nitrogens with two attached hydrogens (primary N) is 1. The molecule has 3 N–H and O–H groups in total. The highest BCUT2D eigenvalue weighted by atomic mass is 35.5. The molecule has 4 heteroatoms. The average Bonchev–Trinajstić information content (AvgIpc) is 2.48. The highest BCUT2D eigenvalue weighted by Crippen LogP contribution is 2.31. The molecular formula is C17H19ClFNO. The summed E-state index contributed by atoms with van der Waals surface area (Å²) in [7, 11) is 0. The summed E-state index contributed by atoms with van der Waals surface area (Å²) in [5.74, 6) is -0.374. The molecule has 0 amide bonds. The van der Waals surface area contributed by atoms with E-state index >= 15 is 0 Å². The Bertz CT molecular complexity index is 609. The lowest BCUT2D eigenvalue weighted by molar-refractivity contribution is 0.196. The molecule has 1 atom stereocenters. The quantitative estimate of drug-likeness (QED) is 0.891. The van der Waals surface area contributed by atoms with Gasteiger partial charge in [0.25, 0.3) is 0 Å². The second-order valence-electron chi connectivity index (χ2n) is 5.42. The first kappa shape index (κ1) is 16.0. The van der Waals surface area contributed by atoms with Crippen LogP contribution in [0.25, 0.3) is 0 Å². The molecule has 0 aromatic heterocycles. The summed E-state index contributed by atoms with van der Waals surface area (Å²) in [6, 6.07) is 12.2. The molecule has 2 nitrogen and oxygen atoms in total. The Morgan fingerprint density at radius 2 is 1.86 bits per heavy atom. The first-order valence-corrected chi connectivity index (χ1v) is 7.20. The van der Waals surface area contributed by atoms with Crippen LogP contribution >= 0.6 is 11.6 Å². The van der Waals surface area contributed by atoms with Crippen molar-refractivity contribution in [2.45, 2.75) is 18.8 Å². The van der Waals surface area contributed by atoms with Crippen molar-refractivity contribution in [3.05, 3.63) is 70.0 Å². The van der Waals surface area contributed by atoms with Gasteiger partial charge < -0.3 is 10.8 Å². The number of halogens is 2. The number of aliphatic hydroxyl groups is 1. The molecule has 2 aromatic rings. The van der Waals surface area contributed by atoms with Crippen LogP contribution in [0.5, 0.6) is 0 Å². The lowest BCUT2D eigenvalue weighted by Crippen LogP contribution is -2.41. The summed E-state index contributed by atoms with van der Waals surface area (Å²) in [5.41, 5.74) is 8.20. The van der Waals surface area contributed by atoms with Crippen LogP contribution in [0.15, 0.2) is 42.5 Å². The van der Waals surface area contributed by atoms with E-state index in [9.17, 15) is 9.50 Å². The van der Waals surface area contributed by atoms with E-state index in [2.05, 4.69) is 0 Å². The fourth-order valence-corrected chi connectivity index (χ4v) is 2.67. The molecule has 0 saturated carbocycles. The van der Waals surface area contributed by atoms with Crippen molar-refractivity contribution in [3.8, 4) is 0 Å². The van der Waals surface area contributed by atoms with E-state index in [4.69, 9.17) is 17.3 Å². The lowest BCUT2D eigenvalue weighted by atomic mass is 9.76. The molecule has 0 heterocycles. The number of rotatable bonds is 5. The van der Waals surface area contributed by atoms with Crippen LogP contribution in [-0.4, -0.2) is 18.3 Å². The number of hydrogen-bond acceptors (Lipinski definition) is 2. The maximum Gasteiger partial charge on any atom is 0.124 e. The van der Waals surface area contributed by atoms with Crippen molar-refractivity contribution in [3.63, 3.8) is 0 Å². The molecule has 0 aliphatic carbocycles. The topological polar surface area (TPSA) is 46.2 Å². The Hall–Kier alpha value is -1.42. The van der Waals surface area contributed by atoms with Crippen molar-refractivity contribution >= 4 is 11.6 Å². The van der Waals surface area contributed by atoms with Crippen molar-refractivity contribution in [2.24, 2.45) is 5.73 Å². The maximum atomic E-state index is 13.2. The van der Waals surface area contributed by atoms with Crippen LogP contribution in [-0.2, 0) is 11.8 Å². The van der Waals surface area contributed by atoms with Gasteiger partial charge in [-0.3, -0.25) is 0 Å². The Kier molecular flexibility index (Phi) is 4.99. The first-order chi connectivity index (χ1) is 10.0. The molecule has 0 saturated heterocycles. The molecule has 2 rings (SSSR count). The van der Waals surface area contributed by atoms with Crippen molar-refractivity contribution < 1.29 is 9.50 Å². The summed E-state index contributed by atoms with van der Waals surface area (Å²) in [4.78, 5) is 0. The number of benzene rings is 2. The zero-order chi connectivity index (χ0) is 15.5. The number of hydrogen-bond donors (Lipinski definition) is 2. The summed E-state index contributed by atoms with van der Waals surface area (Å²) < 4.78 is 13.2. The molecule has 0 spiro atoms. The fraction of sp³-hybridized carbons (Fsp3) is 0.294. The molecule has 0 aliphatic heterocycles. The van der Waals surface area contributed by atoms with E-state index in [0.29, 0.717) is 11.4 Å². The van der Waals surface area contributed by atoms with Crippen LogP contribution in [0.2, 0.25) is 5.02 Å². The highest BCUT2D eigenvalue weighted by Gasteiger charge is 2.31. The van der Waals surface area contributed by atoms with Gasteiger partial charge in [0.2, 0.25) is 0 Å². The van der Waals surface area contributed by atoms with Crippen molar-refractivity contribution in [2.75, 3.05) is 13.2 Å². The Labute approximate surface area is 129 Å². The SMILES string of the molecule is Cc1ccc(C(CN)(CO)Cc2ccc(F)cc2Cl)cc1. The maximum absolute atomic E-state index is 13.2. The lowest BCUT2D eigenvalue weighted by Gasteiger charge is -2.31.